The van der Waals surface area contributed by atoms with Gasteiger partial charge in [-0.2, -0.15) is 0 Å². The van der Waals surface area contributed by atoms with Crippen molar-refractivity contribution in [2.24, 2.45) is 0 Å². The lowest BCUT2D eigenvalue weighted by Gasteiger charge is -2.20. The third-order valence-corrected chi connectivity index (χ3v) is 2.37. The van der Waals surface area contributed by atoms with Crippen LogP contribution in [0.1, 0.15) is 18.5 Å². The monoisotopic (exact) mass is 179 g/mol. The van der Waals surface area contributed by atoms with Crippen LogP contribution in [0.2, 0.25) is 0 Å². The minimum Gasteiger partial charge on any atom is -0.497 e. The second-order valence-corrected chi connectivity index (χ2v) is 3.41. The highest BCUT2D eigenvalue weighted by Crippen LogP contribution is 2.19. The van der Waals surface area contributed by atoms with Gasteiger partial charge < -0.3 is 9.64 Å². The molecule has 0 aliphatic rings. The Labute approximate surface area is 80.1 Å². The normalized spacial score (nSPS) is 13.0. The summed E-state index contributed by atoms with van der Waals surface area (Å²) < 4.78 is 5.10. The Kier molecular flexibility index (Phi) is 3.32. The molecule has 0 N–H and O–H groups in total. The van der Waals surface area contributed by atoms with Gasteiger partial charge in [-0.3, -0.25) is 0 Å². The number of hydrogen-bond donors (Lipinski definition) is 0. The third kappa shape index (κ3) is 2.46. The quantitative estimate of drug-likeness (QED) is 0.706. The van der Waals surface area contributed by atoms with Gasteiger partial charge in [-0.1, -0.05) is 12.1 Å². The van der Waals surface area contributed by atoms with E-state index in [-0.39, 0.29) is 0 Å². The van der Waals surface area contributed by atoms with Crippen LogP contribution in [-0.2, 0) is 0 Å². The van der Waals surface area contributed by atoms with Crippen LogP contribution in [-0.4, -0.2) is 26.1 Å². The molecule has 13 heavy (non-hydrogen) atoms. The molecule has 0 aliphatic heterocycles. The van der Waals surface area contributed by atoms with Gasteiger partial charge in [0.05, 0.1) is 7.11 Å². The molecule has 0 aliphatic carbocycles. The summed E-state index contributed by atoms with van der Waals surface area (Å²) in [5.41, 5.74) is 1.31. The molecule has 0 heterocycles. The van der Waals surface area contributed by atoms with E-state index in [1.54, 1.807) is 7.11 Å². The zero-order valence-electron chi connectivity index (χ0n) is 8.74. The highest BCUT2D eigenvalue weighted by atomic mass is 16.5. The first kappa shape index (κ1) is 10.1. The number of nitrogens with zero attached hydrogens (tertiary/aromatic N) is 1. The summed E-state index contributed by atoms with van der Waals surface area (Å²) >= 11 is 0. The summed E-state index contributed by atoms with van der Waals surface area (Å²) in [7, 11) is 5.84. The van der Waals surface area contributed by atoms with Gasteiger partial charge in [0, 0.05) is 6.04 Å². The van der Waals surface area contributed by atoms with Gasteiger partial charge in [-0.15, -0.1) is 0 Å². The zero-order chi connectivity index (χ0) is 9.84. The van der Waals surface area contributed by atoms with Gasteiger partial charge in [0.2, 0.25) is 0 Å². The van der Waals surface area contributed by atoms with Crippen LogP contribution < -0.4 is 4.74 Å². The van der Waals surface area contributed by atoms with Crippen molar-refractivity contribution in [2.75, 3.05) is 21.2 Å². The van der Waals surface area contributed by atoms with Gasteiger partial charge >= 0.3 is 0 Å². The topological polar surface area (TPSA) is 12.5 Å². The molecule has 0 aromatic heterocycles. The summed E-state index contributed by atoms with van der Waals surface area (Å²) in [5, 5.41) is 0. The second-order valence-electron chi connectivity index (χ2n) is 3.41. The van der Waals surface area contributed by atoms with Crippen LogP contribution in [0.3, 0.4) is 0 Å². The van der Waals surface area contributed by atoms with Crippen molar-refractivity contribution < 1.29 is 4.74 Å². The summed E-state index contributed by atoms with van der Waals surface area (Å²) in [4.78, 5) is 2.18. The van der Waals surface area contributed by atoms with E-state index in [1.165, 1.54) is 5.56 Å². The van der Waals surface area contributed by atoms with Crippen molar-refractivity contribution in [1.29, 1.82) is 0 Å². The van der Waals surface area contributed by atoms with Crippen LogP contribution in [0, 0.1) is 0 Å². The van der Waals surface area contributed by atoms with E-state index in [1.807, 2.05) is 12.1 Å². The van der Waals surface area contributed by atoms with Gasteiger partial charge in [-0.25, -0.2) is 0 Å². The zero-order valence-corrected chi connectivity index (χ0v) is 8.74. The minimum absolute atomic E-state index is 0.450. The largest absolute Gasteiger partial charge is 0.497 e. The Morgan fingerprint density at radius 2 is 1.69 bits per heavy atom. The molecule has 0 fully saturated rings. The van der Waals surface area contributed by atoms with Gasteiger partial charge in [0.1, 0.15) is 5.75 Å². The van der Waals surface area contributed by atoms with E-state index >= 15 is 0 Å². The lowest BCUT2D eigenvalue weighted by molar-refractivity contribution is 0.320. The first-order valence-electron chi connectivity index (χ1n) is 4.45. The van der Waals surface area contributed by atoms with Gasteiger partial charge in [-0.05, 0) is 38.7 Å². The molecule has 0 unspecified atom stereocenters. The number of ether oxygens (including phenoxy) is 1. The van der Waals surface area contributed by atoms with Crippen LogP contribution in [0.15, 0.2) is 24.3 Å². The van der Waals surface area contributed by atoms with Crippen molar-refractivity contribution in [1.82, 2.24) is 4.90 Å². The van der Waals surface area contributed by atoms with Crippen molar-refractivity contribution in [3.05, 3.63) is 29.8 Å². The highest BCUT2D eigenvalue weighted by Gasteiger charge is 2.06. The van der Waals surface area contributed by atoms with Crippen LogP contribution in [0.5, 0.6) is 5.75 Å². The second kappa shape index (κ2) is 4.28. The van der Waals surface area contributed by atoms with E-state index in [0.29, 0.717) is 6.04 Å². The summed E-state index contributed by atoms with van der Waals surface area (Å²) in [5.74, 6) is 0.912. The summed E-state index contributed by atoms with van der Waals surface area (Å²) in [6.07, 6.45) is 0. The van der Waals surface area contributed by atoms with E-state index in [0.717, 1.165) is 5.75 Å². The van der Waals surface area contributed by atoms with Crippen molar-refractivity contribution in [3.8, 4) is 5.75 Å². The lowest BCUT2D eigenvalue weighted by atomic mass is 10.1. The predicted octanol–water partition coefficient (Wildman–Crippen LogP) is 2.32. The molecular formula is C11H17NO. The SMILES string of the molecule is COc1ccc([C@@H](C)N(C)C)cc1. The molecule has 1 aromatic rings. The molecule has 0 radical (unpaired) electrons. The molecule has 72 valence electrons. The first-order chi connectivity index (χ1) is 6.15. The molecule has 0 bridgehead atoms. The molecule has 2 heteroatoms. The van der Waals surface area contributed by atoms with Crippen molar-refractivity contribution >= 4 is 0 Å². The van der Waals surface area contributed by atoms with E-state index in [4.69, 9.17) is 4.74 Å². The Hall–Kier alpha value is -1.02. The highest BCUT2D eigenvalue weighted by molar-refractivity contribution is 5.28. The fourth-order valence-electron chi connectivity index (χ4n) is 1.18. The summed E-state index contributed by atoms with van der Waals surface area (Å²) in [6.45, 7) is 2.18. The van der Waals surface area contributed by atoms with Crippen LogP contribution in [0.4, 0.5) is 0 Å². The number of benzene rings is 1. The Morgan fingerprint density at radius 1 is 1.15 bits per heavy atom. The fourth-order valence-corrected chi connectivity index (χ4v) is 1.18. The van der Waals surface area contributed by atoms with Crippen molar-refractivity contribution in [3.63, 3.8) is 0 Å². The average molecular weight is 179 g/mol. The maximum Gasteiger partial charge on any atom is 0.118 e. The molecule has 0 saturated carbocycles. The van der Waals surface area contributed by atoms with E-state index in [9.17, 15) is 0 Å². The first-order valence-corrected chi connectivity index (χ1v) is 4.45. The Balaban J connectivity index is 2.79. The maximum absolute atomic E-state index is 5.10. The van der Waals surface area contributed by atoms with Gasteiger partial charge in [0.15, 0.2) is 0 Å². The number of rotatable bonds is 3. The third-order valence-electron chi connectivity index (χ3n) is 2.37. The Bertz CT molecular complexity index is 253. The Morgan fingerprint density at radius 3 is 2.08 bits per heavy atom. The average Bonchev–Trinajstić information content (AvgIpc) is 2.17. The standard InChI is InChI=1S/C11H17NO/c1-9(12(2)3)10-5-7-11(13-4)8-6-10/h5-9H,1-4H3/t9-/m1/s1. The van der Waals surface area contributed by atoms with E-state index < -0.39 is 0 Å². The number of methoxy groups -OCH3 is 1. The molecule has 2 nitrogen and oxygen atoms in total. The molecule has 0 spiro atoms. The molecule has 1 aromatic carbocycles. The molecular weight excluding hydrogens is 162 g/mol. The fraction of sp³-hybridized carbons (Fsp3) is 0.455. The molecule has 1 atom stereocenters. The predicted molar refractivity (Wildman–Crippen MR) is 55.1 cm³/mol. The number of hydrogen-bond acceptors (Lipinski definition) is 2. The molecule has 1 rings (SSSR count). The summed E-state index contributed by atoms with van der Waals surface area (Å²) in [6, 6.07) is 8.64. The van der Waals surface area contributed by atoms with Gasteiger partial charge in [0.25, 0.3) is 0 Å². The maximum atomic E-state index is 5.10. The van der Waals surface area contributed by atoms with Crippen molar-refractivity contribution in [2.45, 2.75) is 13.0 Å². The molecule has 0 amide bonds. The smallest absolute Gasteiger partial charge is 0.118 e. The lowest BCUT2D eigenvalue weighted by Crippen LogP contribution is -2.16. The minimum atomic E-state index is 0.450. The molecule has 0 saturated heterocycles. The van der Waals surface area contributed by atoms with Crippen LogP contribution >= 0.6 is 0 Å². The van der Waals surface area contributed by atoms with E-state index in [2.05, 4.69) is 38.1 Å². The van der Waals surface area contributed by atoms with Crippen LogP contribution in [0.25, 0.3) is 0 Å².